The lowest BCUT2D eigenvalue weighted by atomic mass is 10.2. The molecule has 0 saturated carbocycles. The molecule has 2 aromatic rings. The Labute approximate surface area is 129 Å². The average Bonchev–Trinajstić information content (AvgIpc) is 2.52. The number of nitrogens with one attached hydrogen (secondary N) is 1. The fourth-order valence-electron chi connectivity index (χ4n) is 2.13. The fourth-order valence-corrected chi connectivity index (χ4v) is 2.13. The average molecular weight is 302 g/mol. The first-order valence-corrected chi connectivity index (χ1v) is 7.51. The number of aromatic nitrogens is 2. The summed E-state index contributed by atoms with van der Waals surface area (Å²) in [5.41, 5.74) is 11.4. The number of hydrogen-bond acceptors (Lipinski definition) is 5. The molecular formula is C16H22N4O2. The molecule has 0 aliphatic carbocycles. The lowest BCUT2D eigenvalue weighted by Crippen LogP contribution is -2.17. The monoisotopic (exact) mass is 302 g/mol. The number of benzene rings is 1. The predicted octanol–water partition coefficient (Wildman–Crippen LogP) is 2.56. The van der Waals surface area contributed by atoms with Gasteiger partial charge in [0, 0.05) is 0 Å². The van der Waals surface area contributed by atoms with E-state index in [0.717, 1.165) is 12.8 Å². The van der Waals surface area contributed by atoms with Crippen LogP contribution < -0.4 is 21.8 Å². The van der Waals surface area contributed by atoms with Crippen molar-refractivity contribution in [3.8, 4) is 17.1 Å². The Balaban J connectivity index is 2.19. The van der Waals surface area contributed by atoms with Crippen molar-refractivity contribution < 1.29 is 4.74 Å². The van der Waals surface area contributed by atoms with Crippen LogP contribution in [0.4, 0.5) is 11.5 Å². The molecule has 0 atom stereocenters. The lowest BCUT2D eigenvalue weighted by Gasteiger charge is -2.11. The van der Waals surface area contributed by atoms with Gasteiger partial charge in [0.1, 0.15) is 17.3 Å². The first-order valence-electron chi connectivity index (χ1n) is 7.51. The molecule has 0 bridgehead atoms. The van der Waals surface area contributed by atoms with Gasteiger partial charge in [0.25, 0.3) is 5.56 Å². The zero-order valence-corrected chi connectivity index (χ0v) is 12.8. The van der Waals surface area contributed by atoms with Crippen LogP contribution in [-0.2, 0) is 0 Å². The van der Waals surface area contributed by atoms with Crippen molar-refractivity contribution in [1.82, 2.24) is 9.97 Å². The summed E-state index contributed by atoms with van der Waals surface area (Å²) in [6.07, 6.45) is 4.53. The normalized spacial score (nSPS) is 10.6. The molecule has 0 fully saturated rings. The summed E-state index contributed by atoms with van der Waals surface area (Å²) in [6.45, 7) is 2.80. The first-order chi connectivity index (χ1) is 10.6. The van der Waals surface area contributed by atoms with E-state index in [1.165, 1.54) is 12.8 Å². The van der Waals surface area contributed by atoms with Gasteiger partial charge < -0.3 is 21.2 Å². The Hall–Kier alpha value is -2.50. The Kier molecular flexibility index (Phi) is 5.41. The number of aromatic amines is 1. The number of H-pyrrole nitrogens is 1. The number of ether oxygens (including phenoxy) is 1. The van der Waals surface area contributed by atoms with E-state index >= 15 is 0 Å². The van der Waals surface area contributed by atoms with E-state index in [1.54, 1.807) is 0 Å². The summed E-state index contributed by atoms with van der Waals surface area (Å²) >= 11 is 0. The van der Waals surface area contributed by atoms with E-state index in [9.17, 15) is 4.79 Å². The van der Waals surface area contributed by atoms with Crippen LogP contribution in [0.2, 0.25) is 0 Å². The van der Waals surface area contributed by atoms with Crippen LogP contribution in [-0.4, -0.2) is 16.6 Å². The third kappa shape index (κ3) is 3.78. The molecule has 1 heterocycles. The summed E-state index contributed by atoms with van der Waals surface area (Å²) in [5.74, 6) is 1.06. The quantitative estimate of drug-likeness (QED) is 0.681. The number of nitrogens with two attached hydrogens (primary N) is 2. The molecule has 1 aromatic heterocycles. The number of nitrogen functional groups attached to an aromatic ring is 2. The number of para-hydroxylation sites is 1. The maximum absolute atomic E-state index is 11.7. The summed E-state index contributed by atoms with van der Waals surface area (Å²) < 4.78 is 5.81. The van der Waals surface area contributed by atoms with Crippen molar-refractivity contribution >= 4 is 11.5 Å². The Morgan fingerprint density at radius 2 is 1.95 bits per heavy atom. The minimum atomic E-state index is -0.444. The molecule has 0 aliphatic heterocycles. The van der Waals surface area contributed by atoms with Gasteiger partial charge in [-0.1, -0.05) is 38.3 Å². The Morgan fingerprint density at radius 3 is 2.68 bits per heavy atom. The van der Waals surface area contributed by atoms with Gasteiger partial charge in [0.2, 0.25) is 0 Å². The highest BCUT2D eigenvalue weighted by Crippen LogP contribution is 2.27. The molecule has 22 heavy (non-hydrogen) atoms. The molecule has 0 spiro atoms. The predicted molar refractivity (Wildman–Crippen MR) is 88.8 cm³/mol. The maximum atomic E-state index is 11.7. The summed E-state index contributed by atoms with van der Waals surface area (Å²) in [7, 11) is 0. The minimum Gasteiger partial charge on any atom is -0.493 e. The summed E-state index contributed by atoms with van der Waals surface area (Å²) in [5, 5.41) is 0. The van der Waals surface area contributed by atoms with Crippen molar-refractivity contribution in [1.29, 1.82) is 0 Å². The van der Waals surface area contributed by atoms with Gasteiger partial charge in [-0.05, 0) is 18.6 Å². The largest absolute Gasteiger partial charge is 0.493 e. The Morgan fingerprint density at radius 1 is 1.18 bits per heavy atom. The number of anilines is 2. The van der Waals surface area contributed by atoms with Gasteiger partial charge in [0.15, 0.2) is 5.82 Å². The topological polar surface area (TPSA) is 107 Å². The molecule has 5 N–H and O–H groups in total. The van der Waals surface area contributed by atoms with Crippen LogP contribution in [0.15, 0.2) is 29.1 Å². The molecule has 1 aromatic carbocycles. The highest BCUT2D eigenvalue weighted by atomic mass is 16.5. The number of hydrogen-bond donors (Lipinski definition) is 3. The molecule has 2 rings (SSSR count). The second-order valence-corrected chi connectivity index (χ2v) is 5.12. The first kappa shape index (κ1) is 15.9. The Bertz CT molecular complexity index is 682. The van der Waals surface area contributed by atoms with Gasteiger partial charge in [-0.3, -0.25) is 4.79 Å². The van der Waals surface area contributed by atoms with Crippen molar-refractivity contribution in [3.05, 3.63) is 34.6 Å². The zero-order chi connectivity index (χ0) is 15.9. The van der Waals surface area contributed by atoms with Crippen LogP contribution in [0.5, 0.6) is 5.75 Å². The summed E-state index contributed by atoms with van der Waals surface area (Å²) in [6, 6.07) is 7.41. The number of nitrogens with zero attached hydrogens (tertiary/aromatic N) is 1. The van der Waals surface area contributed by atoms with E-state index < -0.39 is 5.56 Å². The molecule has 6 heteroatoms. The highest BCUT2D eigenvalue weighted by molar-refractivity contribution is 5.68. The van der Waals surface area contributed by atoms with Gasteiger partial charge in [-0.2, -0.15) is 0 Å². The SMILES string of the molecule is CCCCCCOc1ccccc1-c1nc(N)c(N)c(=O)[nH]1. The molecule has 0 radical (unpaired) electrons. The van der Waals surface area contributed by atoms with E-state index in [0.29, 0.717) is 23.7 Å². The zero-order valence-electron chi connectivity index (χ0n) is 12.8. The number of unbranched alkanes of at least 4 members (excludes halogenated alkanes) is 3. The maximum Gasteiger partial charge on any atom is 0.276 e. The third-order valence-electron chi connectivity index (χ3n) is 3.38. The molecule has 0 unspecified atom stereocenters. The molecule has 0 amide bonds. The third-order valence-corrected chi connectivity index (χ3v) is 3.38. The van der Waals surface area contributed by atoms with E-state index in [-0.39, 0.29) is 11.5 Å². The molecule has 118 valence electrons. The van der Waals surface area contributed by atoms with Gasteiger partial charge >= 0.3 is 0 Å². The molecular weight excluding hydrogens is 280 g/mol. The fraction of sp³-hybridized carbons (Fsp3) is 0.375. The van der Waals surface area contributed by atoms with E-state index in [1.807, 2.05) is 24.3 Å². The second-order valence-electron chi connectivity index (χ2n) is 5.12. The van der Waals surface area contributed by atoms with Crippen LogP contribution in [0.25, 0.3) is 11.4 Å². The molecule has 0 saturated heterocycles. The standard InChI is InChI=1S/C16H22N4O2/c1-2-3-4-7-10-22-12-9-6-5-8-11(12)15-19-14(18)13(17)16(21)20-15/h5-6,8-9H,2-4,7,10,17H2,1H3,(H3,18,19,20,21). The van der Waals surface area contributed by atoms with Crippen molar-refractivity contribution in [2.45, 2.75) is 32.6 Å². The minimum absolute atomic E-state index is 0.0245. The highest BCUT2D eigenvalue weighted by Gasteiger charge is 2.11. The second kappa shape index (κ2) is 7.49. The lowest BCUT2D eigenvalue weighted by molar-refractivity contribution is 0.306. The van der Waals surface area contributed by atoms with Gasteiger partial charge in [0.05, 0.1) is 12.2 Å². The van der Waals surface area contributed by atoms with Crippen molar-refractivity contribution in [2.24, 2.45) is 0 Å². The smallest absolute Gasteiger partial charge is 0.276 e. The van der Waals surface area contributed by atoms with Crippen LogP contribution in [0.1, 0.15) is 32.6 Å². The number of rotatable bonds is 7. The van der Waals surface area contributed by atoms with Crippen LogP contribution in [0.3, 0.4) is 0 Å². The molecule has 6 nitrogen and oxygen atoms in total. The van der Waals surface area contributed by atoms with Gasteiger partial charge in [-0.25, -0.2) is 4.98 Å². The van der Waals surface area contributed by atoms with Gasteiger partial charge in [-0.15, -0.1) is 0 Å². The molecule has 0 aliphatic rings. The van der Waals surface area contributed by atoms with Crippen LogP contribution in [0, 0.1) is 0 Å². The van der Waals surface area contributed by atoms with Crippen molar-refractivity contribution in [3.63, 3.8) is 0 Å². The summed E-state index contributed by atoms with van der Waals surface area (Å²) in [4.78, 5) is 18.5. The van der Waals surface area contributed by atoms with E-state index in [2.05, 4.69) is 16.9 Å². The van der Waals surface area contributed by atoms with Crippen LogP contribution >= 0.6 is 0 Å². The van der Waals surface area contributed by atoms with Crippen molar-refractivity contribution in [2.75, 3.05) is 18.1 Å². The van der Waals surface area contributed by atoms with E-state index in [4.69, 9.17) is 16.2 Å².